The van der Waals surface area contributed by atoms with Crippen LogP contribution in [0.15, 0.2) is 48.5 Å². The molecule has 0 radical (unpaired) electrons. The molecule has 2 saturated heterocycles. The first-order chi connectivity index (χ1) is 15.1. The quantitative estimate of drug-likeness (QED) is 0.739. The standard InChI is InChI=1S/C25H30N2O4/c1-30-19-10-8-9-18(15-19)24(28)27-16-21(20-11-4-5-12-23(20)31-2)22(17-27)25(29)26-13-6-3-7-14-26/h4-5,8-12,15,21-22H,3,6-7,13-14,16-17H2,1-2H3. The highest BCUT2D eigenvalue weighted by molar-refractivity contribution is 5.95. The number of ether oxygens (including phenoxy) is 2. The number of rotatable bonds is 5. The molecular weight excluding hydrogens is 392 g/mol. The maximum Gasteiger partial charge on any atom is 0.254 e. The number of hydrogen-bond donors (Lipinski definition) is 0. The van der Waals surface area contributed by atoms with Crippen molar-refractivity contribution < 1.29 is 19.1 Å². The van der Waals surface area contributed by atoms with Gasteiger partial charge < -0.3 is 19.3 Å². The summed E-state index contributed by atoms with van der Waals surface area (Å²) in [4.78, 5) is 30.6. The van der Waals surface area contributed by atoms with Gasteiger partial charge in [0.1, 0.15) is 11.5 Å². The molecule has 31 heavy (non-hydrogen) atoms. The zero-order valence-corrected chi connectivity index (χ0v) is 18.3. The fourth-order valence-corrected chi connectivity index (χ4v) is 4.80. The van der Waals surface area contributed by atoms with Crippen LogP contribution in [0, 0.1) is 5.92 Å². The third-order valence-electron chi connectivity index (χ3n) is 6.45. The van der Waals surface area contributed by atoms with E-state index in [1.807, 2.05) is 41.3 Å². The van der Waals surface area contributed by atoms with Gasteiger partial charge in [0.25, 0.3) is 5.91 Å². The third kappa shape index (κ3) is 4.38. The molecule has 0 aromatic heterocycles. The molecule has 0 spiro atoms. The van der Waals surface area contributed by atoms with Crippen LogP contribution in [0.5, 0.6) is 11.5 Å². The van der Waals surface area contributed by atoms with Gasteiger partial charge in [0, 0.05) is 37.7 Å². The second kappa shape index (κ2) is 9.41. The maximum absolute atomic E-state index is 13.5. The van der Waals surface area contributed by atoms with Crippen LogP contribution in [-0.2, 0) is 4.79 Å². The maximum atomic E-state index is 13.5. The van der Waals surface area contributed by atoms with Crippen LogP contribution in [0.3, 0.4) is 0 Å². The molecule has 2 aromatic rings. The van der Waals surface area contributed by atoms with E-state index in [2.05, 4.69) is 0 Å². The van der Waals surface area contributed by atoms with E-state index in [0.29, 0.717) is 24.4 Å². The van der Waals surface area contributed by atoms with Crippen LogP contribution in [0.4, 0.5) is 0 Å². The average Bonchev–Trinajstić information content (AvgIpc) is 3.28. The topological polar surface area (TPSA) is 59.1 Å². The van der Waals surface area contributed by atoms with Gasteiger partial charge >= 0.3 is 0 Å². The number of carbonyl (C=O) groups is 2. The van der Waals surface area contributed by atoms with Gasteiger partial charge in [-0.15, -0.1) is 0 Å². The number of piperidine rings is 1. The van der Waals surface area contributed by atoms with Crippen LogP contribution in [0.2, 0.25) is 0 Å². The highest BCUT2D eigenvalue weighted by Crippen LogP contribution is 2.39. The molecule has 2 aliphatic rings. The monoisotopic (exact) mass is 422 g/mol. The first-order valence-electron chi connectivity index (χ1n) is 11.0. The van der Waals surface area contributed by atoms with Gasteiger partial charge in [0.15, 0.2) is 0 Å². The molecule has 0 N–H and O–H groups in total. The van der Waals surface area contributed by atoms with Crippen molar-refractivity contribution in [3.63, 3.8) is 0 Å². The number of nitrogens with zero attached hydrogens (tertiary/aromatic N) is 2. The van der Waals surface area contributed by atoms with Gasteiger partial charge in [0.2, 0.25) is 5.91 Å². The van der Waals surface area contributed by atoms with Crippen molar-refractivity contribution in [2.75, 3.05) is 40.4 Å². The zero-order valence-electron chi connectivity index (χ0n) is 18.3. The van der Waals surface area contributed by atoms with E-state index in [-0.39, 0.29) is 23.7 Å². The first kappa shape index (κ1) is 21.2. The molecule has 4 rings (SSSR count). The molecule has 2 aliphatic heterocycles. The predicted octanol–water partition coefficient (Wildman–Crippen LogP) is 3.57. The lowest BCUT2D eigenvalue weighted by molar-refractivity contribution is -0.136. The Labute approximate surface area is 183 Å². The molecule has 0 aliphatic carbocycles. The Morgan fingerprint density at radius 1 is 0.871 bits per heavy atom. The number of hydrogen-bond acceptors (Lipinski definition) is 4. The summed E-state index contributed by atoms with van der Waals surface area (Å²) in [6.45, 7) is 2.50. The van der Waals surface area contributed by atoms with Crippen LogP contribution >= 0.6 is 0 Å². The molecule has 164 valence electrons. The summed E-state index contributed by atoms with van der Waals surface area (Å²) in [5.74, 6) is 1.11. The Morgan fingerprint density at radius 3 is 2.39 bits per heavy atom. The molecular formula is C25H30N2O4. The van der Waals surface area contributed by atoms with Crippen molar-refractivity contribution in [2.45, 2.75) is 25.2 Å². The van der Waals surface area contributed by atoms with Crippen LogP contribution in [0.25, 0.3) is 0 Å². The van der Waals surface area contributed by atoms with Gasteiger partial charge in [0.05, 0.1) is 20.1 Å². The van der Waals surface area contributed by atoms with Crippen molar-refractivity contribution in [3.8, 4) is 11.5 Å². The van der Waals surface area contributed by atoms with E-state index in [9.17, 15) is 9.59 Å². The molecule has 6 heteroatoms. The second-order valence-electron chi connectivity index (χ2n) is 8.28. The summed E-state index contributed by atoms with van der Waals surface area (Å²) in [5.41, 5.74) is 1.56. The Bertz CT molecular complexity index is 939. The zero-order chi connectivity index (χ0) is 21.8. The molecule has 2 fully saturated rings. The van der Waals surface area contributed by atoms with Crippen molar-refractivity contribution in [3.05, 3.63) is 59.7 Å². The molecule has 0 bridgehead atoms. The van der Waals surface area contributed by atoms with Crippen molar-refractivity contribution >= 4 is 11.8 Å². The van der Waals surface area contributed by atoms with Gasteiger partial charge in [-0.3, -0.25) is 9.59 Å². The summed E-state index contributed by atoms with van der Waals surface area (Å²) in [6, 6.07) is 15.0. The first-order valence-corrected chi connectivity index (χ1v) is 11.0. The lowest BCUT2D eigenvalue weighted by Gasteiger charge is -2.31. The number of likely N-dealkylation sites (tertiary alicyclic amines) is 2. The Hall–Kier alpha value is -3.02. The lowest BCUT2D eigenvalue weighted by Crippen LogP contribution is -2.42. The smallest absolute Gasteiger partial charge is 0.254 e. The number of amides is 2. The minimum absolute atomic E-state index is 0.0762. The fraction of sp³-hybridized carbons (Fsp3) is 0.440. The fourth-order valence-electron chi connectivity index (χ4n) is 4.80. The minimum atomic E-state index is -0.274. The number of methoxy groups -OCH3 is 2. The largest absolute Gasteiger partial charge is 0.497 e. The summed E-state index contributed by atoms with van der Waals surface area (Å²) in [7, 11) is 3.24. The third-order valence-corrected chi connectivity index (χ3v) is 6.45. The number of benzene rings is 2. The van der Waals surface area contributed by atoms with E-state index in [1.54, 1.807) is 31.3 Å². The Balaban J connectivity index is 1.64. The molecule has 0 saturated carbocycles. The van der Waals surface area contributed by atoms with Crippen molar-refractivity contribution in [1.29, 1.82) is 0 Å². The van der Waals surface area contributed by atoms with Gasteiger partial charge in [-0.25, -0.2) is 0 Å². The normalized spacial score (nSPS) is 21.1. The van der Waals surface area contributed by atoms with Gasteiger partial charge in [-0.2, -0.15) is 0 Å². The lowest BCUT2D eigenvalue weighted by atomic mass is 9.87. The van der Waals surface area contributed by atoms with E-state index >= 15 is 0 Å². The van der Waals surface area contributed by atoms with Gasteiger partial charge in [-0.1, -0.05) is 24.3 Å². The van der Waals surface area contributed by atoms with E-state index in [4.69, 9.17) is 9.47 Å². The van der Waals surface area contributed by atoms with Crippen molar-refractivity contribution in [2.24, 2.45) is 5.92 Å². The number of para-hydroxylation sites is 1. The molecule has 2 heterocycles. The van der Waals surface area contributed by atoms with Gasteiger partial charge in [-0.05, 0) is 49.1 Å². The SMILES string of the molecule is COc1cccc(C(=O)N2CC(C(=O)N3CCCCC3)C(c3ccccc3OC)C2)c1. The van der Waals surface area contributed by atoms with E-state index in [1.165, 1.54) is 6.42 Å². The van der Waals surface area contributed by atoms with Crippen molar-refractivity contribution in [1.82, 2.24) is 9.80 Å². The summed E-state index contributed by atoms with van der Waals surface area (Å²) in [6.07, 6.45) is 3.26. The molecule has 2 aromatic carbocycles. The summed E-state index contributed by atoms with van der Waals surface area (Å²) < 4.78 is 10.9. The minimum Gasteiger partial charge on any atom is -0.497 e. The molecule has 2 amide bonds. The second-order valence-corrected chi connectivity index (χ2v) is 8.28. The predicted molar refractivity (Wildman–Crippen MR) is 119 cm³/mol. The highest BCUT2D eigenvalue weighted by atomic mass is 16.5. The van der Waals surface area contributed by atoms with Crippen LogP contribution < -0.4 is 9.47 Å². The Morgan fingerprint density at radius 2 is 1.65 bits per heavy atom. The molecule has 6 nitrogen and oxygen atoms in total. The van der Waals surface area contributed by atoms with E-state index in [0.717, 1.165) is 37.2 Å². The molecule has 2 unspecified atom stereocenters. The number of carbonyl (C=O) groups excluding carboxylic acids is 2. The Kier molecular flexibility index (Phi) is 6.44. The van der Waals surface area contributed by atoms with Crippen LogP contribution in [-0.4, -0.2) is 62.0 Å². The summed E-state index contributed by atoms with van der Waals surface area (Å²) in [5, 5.41) is 0. The average molecular weight is 423 g/mol. The van der Waals surface area contributed by atoms with E-state index < -0.39 is 0 Å². The molecule has 2 atom stereocenters. The highest BCUT2D eigenvalue weighted by Gasteiger charge is 2.43. The van der Waals surface area contributed by atoms with Crippen LogP contribution in [0.1, 0.15) is 41.1 Å². The summed E-state index contributed by atoms with van der Waals surface area (Å²) >= 11 is 0.